The van der Waals surface area contributed by atoms with Crippen molar-refractivity contribution < 1.29 is 14.5 Å². The van der Waals surface area contributed by atoms with Crippen molar-refractivity contribution in [2.24, 2.45) is 7.05 Å². The lowest BCUT2D eigenvalue weighted by molar-refractivity contribution is -0.387. The van der Waals surface area contributed by atoms with Crippen LogP contribution in [0.4, 0.5) is 5.69 Å². The van der Waals surface area contributed by atoms with Crippen LogP contribution in [0.5, 0.6) is 5.75 Å². The first-order valence-corrected chi connectivity index (χ1v) is 8.90. The van der Waals surface area contributed by atoms with E-state index in [2.05, 4.69) is 10.2 Å². The minimum atomic E-state index is -0.794. The number of hydrogen-bond donors (Lipinski definition) is 0. The number of halogens is 2. The van der Waals surface area contributed by atoms with Crippen molar-refractivity contribution in [3.63, 3.8) is 0 Å². The molecule has 3 rings (SSSR count). The zero-order valence-corrected chi connectivity index (χ0v) is 16.0. The molecule has 8 nitrogen and oxygen atoms in total. The maximum atomic E-state index is 12.4. The molecule has 0 saturated carbocycles. The molecule has 11 heteroatoms. The van der Waals surface area contributed by atoms with Crippen LogP contribution >= 0.6 is 35.0 Å². The van der Waals surface area contributed by atoms with Gasteiger partial charge in [-0.15, -0.1) is 10.2 Å². The van der Waals surface area contributed by atoms with Crippen molar-refractivity contribution >= 4 is 46.6 Å². The highest BCUT2D eigenvalue weighted by Crippen LogP contribution is 2.35. The number of aromatic nitrogens is 3. The number of carbonyl (C=O) groups is 1. The summed E-state index contributed by atoms with van der Waals surface area (Å²) in [6.07, 6.45) is 1.48. The number of benzene rings is 2. The van der Waals surface area contributed by atoms with Gasteiger partial charge < -0.3 is 9.30 Å². The topological polar surface area (TPSA) is 100 Å². The van der Waals surface area contributed by atoms with Crippen LogP contribution in [0.15, 0.2) is 52.8 Å². The van der Waals surface area contributed by atoms with Crippen LogP contribution in [0.2, 0.25) is 10.0 Å². The van der Waals surface area contributed by atoms with Gasteiger partial charge in [-0.3, -0.25) is 10.1 Å². The van der Waals surface area contributed by atoms with E-state index in [1.54, 1.807) is 23.7 Å². The molecule has 0 saturated heterocycles. The highest BCUT2D eigenvalue weighted by Gasteiger charge is 2.21. The number of hydrogen-bond acceptors (Lipinski definition) is 7. The van der Waals surface area contributed by atoms with Gasteiger partial charge in [0.15, 0.2) is 10.9 Å². The van der Waals surface area contributed by atoms with E-state index < -0.39 is 10.9 Å². The number of aryl methyl sites for hydroxylation is 1. The smallest absolute Gasteiger partial charge is 0.343 e. The lowest BCUT2D eigenvalue weighted by atomic mass is 10.2. The van der Waals surface area contributed by atoms with E-state index in [0.29, 0.717) is 10.1 Å². The Bertz CT molecular complexity index is 1040. The maximum absolute atomic E-state index is 12.4. The van der Waals surface area contributed by atoms with Gasteiger partial charge in [0.05, 0.1) is 20.4 Å². The van der Waals surface area contributed by atoms with E-state index in [1.807, 2.05) is 0 Å². The van der Waals surface area contributed by atoms with E-state index in [0.717, 1.165) is 17.8 Å². The zero-order chi connectivity index (χ0) is 19.6. The highest BCUT2D eigenvalue weighted by molar-refractivity contribution is 7.99. The van der Waals surface area contributed by atoms with Crippen LogP contribution in [0.1, 0.15) is 10.4 Å². The predicted octanol–water partition coefficient (Wildman–Crippen LogP) is 4.40. The summed E-state index contributed by atoms with van der Waals surface area (Å²) in [6.45, 7) is 0. The third kappa shape index (κ3) is 4.21. The fourth-order valence-corrected chi connectivity index (χ4v) is 3.24. The fraction of sp³-hybridized carbons (Fsp3) is 0.0625. The SMILES string of the molecule is Cn1cnnc1Sc1ccc(C(=O)Oc2cccc(Cl)c2Cl)cc1[N+](=O)[O-]. The van der Waals surface area contributed by atoms with E-state index in [9.17, 15) is 14.9 Å². The van der Waals surface area contributed by atoms with Crippen molar-refractivity contribution in [2.45, 2.75) is 10.1 Å². The van der Waals surface area contributed by atoms with Gasteiger partial charge in [0.1, 0.15) is 11.3 Å². The summed E-state index contributed by atoms with van der Waals surface area (Å²) in [5.41, 5.74) is -0.255. The summed E-state index contributed by atoms with van der Waals surface area (Å²) in [6, 6.07) is 8.60. The Morgan fingerprint density at radius 1 is 1.30 bits per heavy atom. The normalized spacial score (nSPS) is 10.6. The van der Waals surface area contributed by atoms with Crippen LogP contribution < -0.4 is 4.74 Å². The third-order valence-corrected chi connectivity index (χ3v) is 5.30. The molecule has 138 valence electrons. The van der Waals surface area contributed by atoms with Gasteiger partial charge in [-0.2, -0.15) is 0 Å². The van der Waals surface area contributed by atoms with Crippen molar-refractivity contribution in [1.29, 1.82) is 0 Å². The molecule has 0 radical (unpaired) electrons. The molecule has 27 heavy (non-hydrogen) atoms. The maximum Gasteiger partial charge on any atom is 0.343 e. The Hall–Kier alpha value is -2.62. The first kappa shape index (κ1) is 19.2. The Kier molecular flexibility index (Phi) is 5.64. The van der Waals surface area contributed by atoms with Crippen molar-refractivity contribution in [3.05, 3.63) is 68.4 Å². The first-order chi connectivity index (χ1) is 12.9. The number of nitrogens with zero attached hydrogens (tertiary/aromatic N) is 4. The number of ether oxygens (including phenoxy) is 1. The second-order valence-electron chi connectivity index (χ2n) is 5.21. The van der Waals surface area contributed by atoms with Crippen LogP contribution in [0, 0.1) is 10.1 Å². The number of nitro groups is 1. The second-order valence-corrected chi connectivity index (χ2v) is 7.00. The number of carbonyl (C=O) groups excluding carboxylic acids is 1. The monoisotopic (exact) mass is 424 g/mol. The standard InChI is InChI=1S/C16H10Cl2N4O4S/c1-21-8-19-20-16(21)27-13-6-5-9(7-11(13)22(24)25)15(23)26-12-4-2-3-10(17)14(12)18/h2-8H,1H3. The first-order valence-electron chi connectivity index (χ1n) is 7.33. The molecule has 3 aromatic rings. The lowest BCUT2D eigenvalue weighted by Gasteiger charge is -2.08. The molecule has 0 aliphatic heterocycles. The average molecular weight is 425 g/mol. The summed E-state index contributed by atoms with van der Waals surface area (Å²) < 4.78 is 6.82. The summed E-state index contributed by atoms with van der Waals surface area (Å²) in [5.74, 6) is -0.730. The van der Waals surface area contributed by atoms with Gasteiger partial charge in [0.25, 0.3) is 5.69 Å². The molecule has 0 aliphatic rings. The van der Waals surface area contributed by atoms with Gasteiger partial charge in [0.2, 0.25) is 0 Å². The molecule has 0 aliphatic carbocycles. The minimum Gasteiger partial charge on any atom is -0.421 e. The van der Waals surface area contributed by atoms with Gasteiger partial charge in [-0.1, -0.05) is 29.3 Å². The molecule has 2 aromatic carbocycles. The Balaban J connectivity index is 1.89. The predicted molar refractivity (Wildman–Crippen MR) is 99.6 cm³/mol. The van der Waals surface area contributed by atoms with E-state index in [-0.39, 0.29) is 27.0 Å². The van der Waals surface area contributed by atoms with E-state index in [1.165, 1.54) is 24.5 Å². The zero-order valence-electron chi connectivity index (χ0n) is 13.6. The molecule has 0 bridgehead atoms. The average Bonchev–Trinajstić information content (AvgIpc) is 3.03. The summed E-state index contributed by atoms with van der Waals surface area (Å²) in [5, 5.41) is 19.8. The molecule has 0 spiro atoms. The Labute approximate surface area is 167 Å². The second kappa shape index (κ2) is 7.95. The molecule has 1 heterocycles. The summed E-state index contributed by atoms with van der Waals surface area (Å²) in [7, 11) is 1.72. The third-order valence-electron chi connectivity index (χ3n) is 3.38. The van der Waals surface area contributed by atoms with Gasteiger partial charge in [-0.05, 0) is 36.0 Å². The van der Waals surface area contributed by atoms with E-state index >= 15 is 0 Å². The molecular formula is C16H10Cl2N4O4S. The summed E-state index contributed by atoms with van der Waals surface area (Å²) in [4.78, 5) is 23.5. The summed E-state index contributed by atoms with van der Waals surface area (Å²) >= 11 is 12.9. The Morgan fingerprint density at radius 2 is 2.07 bits per heavy atom. The van der Waals surface area contributed by atoms with Crippen LogP contribution in [-0.4, -0.2) is 25.7 Å². The molecule has 0 unspecified atom stereocenters. The molecular weight excluding hydrogens is 415 g/mol. The van der Waals surface area contributed by atoms with Gasteiger partial charge in [-0.25, -0.2) is 4.79 Å². The van der Waals surface area contributed by atoms with Crippen LogP contribution in [0.25, 0.3) is 0 Å². The van der Waals surface area contributed by atoms with Crippen LogP contribution in [-0.2, 0) is 7.05 Å². The van der Waals surface area contributed by atoms with Crippen LogP contribution in [0.3, 0.4) is 0 Å². The number of rotatable bonds is 5. The molecule has 0 fully saturated rings. The fourth-order valence-electron chi connectivity index (χ4n) is 2.06. The molecule has 0 amide bonds. The largest absolute Gasteiger partial charge is 0.421 e. The quantitative estimate of drug-likeness (QED) is 0.259. The molecule has 0 atom stereocenters. The van der Waals surface area contributed by atoms with Crippen molar-refractivity contribution in [1.82, 2.24) is 14.8 Å². The highest BCUT2D eigenvalue weighted by atomic mass is 35.5. The van der Waals surface area contributed by atoms with Gasteiger partial charge >= 0.3 is 5.97 Å². The number of esters is 1. The van der Waals surface area contributed by atoms with Crippen molar-refractivity contribution in [2.75, 3.05) is 0 Å². The Morgan fingerprint density at radius 3 is 2.74 bits per heavy atom. The lowest BCUT2D eigenvalue weighted by Crippen LogP contribution is -2.09. The molecule has 1 aromatic heterocycles. The molecule has 0 N–H and O–H groups in total. The van der Waals surface area contributed by atoms with Crippen molar-refractivity contribution in [3.8, 4) is 5.75 Å². The van der Waals surface area contributed by atoms with Gasteiger partial charge in [0, 0.05) is 13.1 Å². The van der Waals surface area contributed by atoms with E-state index in [4.69, 9.17) is 27.9 Å². The minimum absolute atomic E-state index is 0.0000532. The number of nitro benzene ring substituents is 1.